The number of amides is 1. The fraction of sp³-hybridized carbons (Fsp3) is 0.368. The van der Waals surface area contributed by atoms with Gasteiger partial charge in [-0.1, -0.05) is 18.2 Å². The molecule has 3 aromatic rings. The third kappa shape index (κ3) is 3.36. The molecule has 2 aromatic heterocycles. The second kappa shape index (κ2) is 6.93. The third-order valence-electron chi connectivity index (χ3n) is 4.55. The second-order valence-corrected chi connectivity index (χ2v) is 6.91. The van der Waals surface area contributed by atoms with Gasteiger partial charge in [-0.05, 0) is 26.2 Å². The van der Waals surface area contributed by atoms with Gasteiger partial charge in [-0.3, -0.25) is 4.79 Å². The molecule has 0 aliphatic carbocycles. The zero-order valence-electron chi connectivity index (χ0n) is 15.0. The van der Waals surface area contributed by atoms with E-state index in [1.807, 2.05) is 55.5 Å². The molecule has 1 atom stereocenters. The van der Waals surface area contributed by atoms with E-state index >= 15 is 0 Å². The number of aromatic amines is 2. The van der Waals surface area contributed by atoms with Crippen LogP contribution in [0.3, 0.4) is 0 Å². The van der Waals surface area contributed by atoms with E-state index in [2.05, 4.69) is 19.9 Å². The van der Waals surface area contributed by atoms with Gasteiger partial charge in [-0.15, -0.1) is 0 Å². The summed E-state index contributed by atoms with van der Waals surface area (Å²) in [6.07, 6.45) is 1.60. The Morgan fingerprint density at radius 1 is 1.35 bits per heavy atom. The van der Waals surface area contributed by atoms with Gasteiger partial charge in [-0.2, -0.15) is 0 Å². The first-order chi connectivity index (χ1) is 12.6. The van der Waals surface area contributed by atoms with Gasteiger partial charge in [0.2, 0.25) is 0 Å². The molecule has 7 heteroatoms. The molecule has 1 aliphatic heterocycles. The summed E-state index contributed by atoms with van der Waals surface area (Å²) >= 11 is 0. The first-order valence-electron chi connectivity index (χ1n) is 8.77. The number of morpholine rings is 1. The minimum absolute atomic E-state index is 0.00503. The lowest BCUT2D eigenvalue weighted by atomic mass is 10.2. The van der Waals surface area contributed by atoms with Gasteiger partial charge >= 0.3 is 0 Å². The monoisotopic (exact) mass is 353 g/mol. The van der Waals surface area contributed by atoms with Gasteiger partial charge in [0, 0.05) is 35.9 Å². The fourth-order valence-corrected chi connectivity index (χ4v) is 3.32. The van der Waals surface area contributed by atoms with Crippen LogP contribution in [0.25, 0.3) is 10.9 Å². The highest BCUT2D eigenvalue weighted by atomic mass is 16.5. The predicted octanol–water partition coefficient (Wildman–Crippen LogP) is 2.17. The minimum Gasteiger partial charge on any atom is -0.367 e. The van der Waals surface area contributed by atoms with Crippen molar-refractivity contribution >= 4 is 16.8 Å². The largest absolute Gasteiger partial charge is 0.367 e. The maximum Gasteiger partial charge on any atom is 0.270 e. The Balaban J connectivity index is 1.49. The summed E-state index contributed by atoms with van der Waals surface area (Å²) in [7, 11) is 4.02. The second-order valence-electron chi connectivity index (χ2n) is 6.91. The molecule has 0 bridgehead atoms. The van der Waals surface area contributed by atoms with Gasteiger partial charge in [0.05, 0.1) is 13.2 Å². The van der Waals surface area contributed by atoms with Crippen molar-refractivity contribution in [3.63, 3.8) is 0 Å². The molecule has 1 aromatic carbocycles. The molecule has 136 valence electrons. The predicted molar refractivity (Wildman–Crippen MR) is 98.9 cm³/mol. The van der Waals surface area contributed by atoms with Crippen LogP contribution in [0.1, 0.15) is 28.1 Å². The zero-order valence-corrected chi connectivity index (χ0v) is 15.0. The highest BCUT2D eigenvalue weighted by Crippen LogP contribution is 2.22. The zero-order chi connectivity index (χ0) is 18.1. The standard InChI is InChI=1S/C19H23N5O2/c1-23(2)11-14-10-20-18(21-14)17-12-24(7-8-26-17)19(25)16-9-13-5-3-4-6-15(13)22-16/h3-6,9-10,17,22H,7-8,11-12H2,1-2H3,(H,20,21)/t17-/m0/s1. The van der Waals surface area contributed by atoms with Crippen molar-refractivity contribution in [3.05, 3.63) is 53.7 Å². The summed E-state index contributed by atoms with van der Waals surface area (Å²) in [4.78, 5) is 27.8. The van der Waals surface area contributed by atoms with Crippen LogP contribution in [-0.4, -0.2) is 64.5 Å². The molecule has 4 rings (SSSR count). The molecule has 26 heavy (non-hydrogen) atoms. The first kappa shape index (κ1) is 16.8. The Bertz CT molecular complexity index is 880. The quantitative estimate of drug-likeness (QED) is 0.754. The Morgan fingerprint density at radius 2 is 2.19 bits per heavy atom. The van der Waals surface area contributed by atoms with Crippen molar-refractivity contribution in [2.75, 3.05) is 33.8 Å². The summed E-state index contributed by atoms with van der Waals surface area (Å²) < 4.78 is 5.85. The van der Waals surface area contributed by atoms with Gasteiger partial charge in [0.25, 0.3) is 5.91 Å². The fourth-order valence-electron chi connectivity index (χ4n) is 3.32. The smallest absolute Gasteiger partial charge is 0.270 e. The van der Waals surface area contributed by atoms with Crippen LogP contribution < -0.4 is 0 Å². The van der Waals surface area contributed by atoms with Crippen molar-refractivity contribution in [2.24, 2.45) is 0 Å². The molecular formula is C19H23N5O2. The summed E-state index contributed by atoms with van der Waals surface area (Å²) in [5, 5.41) is 1.04. The van der Waals surface area contributed by atoms with Crippen molar-refractivity contribution in [1.82, 2.24) is 24.8 Å². The summed E-state index contributed by atoms with van der Waals surface area (Å²) in [6.45, 7) is 2.36. The van der Waals surface area contributed by atoms with E-state index in [0.29, 0.717) is 25.4 Å². The number of ether oxygens (including phenoxy) is 1. The Kier molecular flexibility index (Phi) is 4.48. The number of imidazole rings is 1. The Hall–Kier alpha value is -2.64. The molecule has 0 saturated carbocycles. The van der Waals surface area contributed by atoms with E-state index in [9.17, 15) is 4.79 Å². The average Bonchev–Trinajstić information content (AvgIpc) is 3.27. The molecule has 0 radical (unpaired) electrons. The molecule has 0 unspecified atom stereocenters. The van der Waals surface area contributed by atoms with Crippen LogP contribution in [0.5, 0.6) is 0 Å². The third-order valence-corrected chi connectivity index (χ3v) is 4.55. The minimum atomic E-state index is -0.229. The molecule has 3 heterocycles. The van der Waals surface area contributed by atoms with E-state index in [1.165, 1.54) is 0 Å². The van der Waals surface area contributed by atoms with Crippen LogP contribution in [0, 0.1) is 0 Å². The summed E-state index contributed by atoms with van der Waals surface area (Å²) in [6, 6.07) is 9.81. The summed E-state index contributed by atoms with van der Waals surface area (Å²) in [5.74, 6) is 0.769. The number of para-hydroxylation sites is 1. The highest BCUT2D eigenvalue weighted by Gasteiger charge is 2.28. The lowest BCUT2D eigenvalue weighted by molar-refractivity contribution is -0.0266. The van der Waals surface area contributed by atoms with Crippen molar-refractivity contribution in [3.8, 4) is 0 Å². The van der Waals surface area contributed by atoms with Crippen LogP contribution in [0.15, 0.2) is 36.5 Å². The molecule has 0 spiro atoms. The number of nitrogens with zero attached hydrogens (tertiary/aromatic N) is 3. The number of hydrogen-bond donors (Lipinski definition) is 2. The van der Waals surface area contributed by atoms with Crippen LogP contribution >= 0.6 is 0 Å². The van der Waals surface area contributed by atoms with Crippen LogP contribution in [-0.2, 0) is 11.3 Å². The van der Waals surface area contributed by atoms with E-state index < -0.39 is 0 Å². The van der Waals surface area contributed by atoms with Crippen LogP contribution in [0.2, 0.25) is 0 Å². The van der Waals surface area contributed by atoms with Crippen molar-refractivity contribution < 1.29 is 9.53 Å². The SMILES string of the molecule is CN(C)Cc1cnc([C@@H]2CN(C(=O)c3cc4ccccc4[nH]3)CCO2)[nH]1. The number of fused-ring (bicyclic) bond motifs is 1. The molecule has 1 amide bonds. The number of aromatic nitrogens is 3. The molecule has 1 aliphatic rings. The molecule has 2 N–H and O–H groups in total. The molecule has 1 fully saturated rings. The van der Waals surface area contributed by atoms with Gasteiger partial charge < -0.3 is 24.5 Å². The average molecular weight is 353 g/mol. The maximum atomic E-state index is 12.9. The lowest BCUT2D eigenvalue weighted by Crippen LogP contribution is -2.42. The molecule has 1 saturated heterocycles. The van der Waals surface area contributed by atoms with E-state index in [0.717, 1.165) is 29.0 Å². The number of benzene rings is 1. The highest BCUT2D eigenvalue weighted by molar-refractivity contribution is 5.98. The number of carbonyl (C=O) groups excluding carboxylic acids is 1. The molecular weight excluding hydrogens is 330 g/mol. The topological polar surface area (TPSA) is 77.2 Å². The molecule has 7 nitrogen and oxygen atoms in total. The number of hydrogen-bond acceptors (Lipinski definition) is 4. The van der Waals surface area contributed by atoms with Gasteiger partial charge in [0.15, 0.2) is 0 Å². The number of H-pyrrole nitrogens is 2. The van der Waals surface area contributed by atoms with Gasteiger partial charge in [0.1, 0.15) is 17.6 Å². The number of nitrogens with one attached hydrogen (secondary N) is 2. The van der Waals surface area contributed by atoms with Crippen molar-refractivity contribution in [1.29, 1.82) is 0 Å². The lowest BCUT2D eigenvalue weighted by Gasteiger charge is -2.31. The normalized spacial score (nSPS) is 18.0. The van der Waals surface area contributed by atoms with E-state index in [4.69, 9.17) is 4.74 Å². The Morgan fingerprint density at radius 3 is 3.00 bits per heavy atom. The number of carbonyl (C=O) groups is 1. The first-order valence-corrected chi connectivity index (χ1v) is 8.77. The van der Waals surface area contributed by atoms with Crippen LogP contribution in [0.4, 0.5) is 0 Å². The van der Waals surface area contributed by atoms with E-state index in [1.54, 1.807) is 0 Å². The number of rotatable bonds is 4. The Labute approximate surface area is 152 Å². The van der Waals surface area contributed by atoms with Gasteiger partial charge in [-0.25, -0.2) is 4.98 Å². The maximum absolute atomic E-state index is 12.9. The van der Waals surface area contributed by atoms with Crippen molar-refractivity contribution in [2.45, 2.75) is 12.6 Å². The summed E-state index contributed by atoms with van der Waals surface area (Å²) in [5.41, 5.74) is 2.62. The van der Waals surface area contributed by atoms with E-state index in [-0.39, 0.29) is 12.0 Å².